The van der Waals surface area contributed by atoms with Gasteiger partial charge in [-0.2, -0.15) is 0 Å². The molecule has 0 heterocycles. The maximum atomic E-state index is 12.4. The summed E-state index contributed by atoms with van der Waals surface area (Å²) in [6, 6.07) is 6.93. The number of halogens is 3. The molecule has 18 heavy (non-hydrogen) atoms. The first-order valence-electron chi connectivity index (χ1n) is 5.61. The Balaban J connectivity index is 0.00000289. The van der Waals surface area contributed by atoms with E-state index in [2.05, 4.69) is 20.8 Å². The molecule has 0 fully saturated rings. The van der Waals surface area contributed by atoms with Gasteiger partial charge >= 0.3 is 0 Å². The van der Waals surface area contributed by atoms with Crippen molar-refractivity contribution in [2.75, 3.05) is 0 Å². The van der Waals surface area contributed by atoms with Gasteiger partial charge in [0.05, 0.1) is 0 Å². The fourth-order valence-corrected chi connectivity index (χ4v) is 2.67. The van der Waals surface area contributed by atoms with Crippen LogP contribution in [-0.2, 0) is 0 Å². The Labute approximate surface area is 118 Å². The molecule has 0 aliphatic carbocycles. The van der Waals surface area contributed by atoms with Gasteiger partial charge in [-0.15, -0.1) is 24.2 Å². The van der Waals surface area contributed by atoms with Gasteiger partial charge in [0.1, 0.15) is 0 Å². The minimum absolute atomic E-state index is 0. The van der Waals surface area contributed by atoms with Crippen molar-refractivity contribution in [3.05, 3.63) is 29.8 Å². The van der Waals surface area contributed by atoms with Crippen molar-refractivity contribution in [2.24, 2.45) is 5.73 Å². The first kappa shape index (κ1) is 17.7. The van der Waals surface area contributed by atoms with Gasteiger partial charge in [-0.3, -0.25) is 0 Å². The number of benzene rings is 1. The molecular weight excluding hydrogens is 276 g/mol. The minimum Gasteiger partial charge on any atom is -0.324 e. The quantitative estimate of drug-likeness (QED) is 0.818. The Bertz CT molecular complexity index is 366. The summed E-state index contributed by atoms with van der Waals surface area (Å²) >= 11 is 1.66. The lowest BCUT2D eigenvalue weighted by Gasteiger charge is -2.22. The van der Waals surface area contributed by atoms with Crippen molar-refractivity contribution in [3.63, 3.8) is 0 Å². The van der Waals surface area contributed by atoms with E-state index in [1.807, 2.05) is 24.3 Å². The van der Waals surface area contributed by atoms with Gasteiger partial charge in [-0.1, -0.05) is 39.0 Å². The van der Waals surface area contributed by atoms with E-state index >= 15 is 0 Å². The Hall–Kier alpha value is -0.320. The second-order valence-electron chi connectivity index (χ2n) is 4.99. The van der Waals surface area contributed by atoms with Crippen LogP contribution in [0.5, 0.6) is 0 Å². The number of hydrogen-bond donors (Lipinski definition) is 1. The van der Waals surface area contributed by atoms with Crippen molar-refractivity contribution >= 4 is 24.2 Å². The van der Waals surface area contributed by atoms with E-state index < -0.39 is 12.5 Å². The molecule has 0 saturated heterocycles. The summed E-state index contributed by atoms with van der Waals surface area (Å²) in [4.78, 5) is 0.994. The lowest BCUT2D eigenvalue weighted by atomic mass is 10.1. The van der Waals surface area contributed by atoms with Crippen molar-refractivity contribution in [1.82, 2.24) is 0 Å². The molecule has 0 aliphatic heterocycles. The second kappa shape index (κ2) is 7.31. The SMILES string of the molecule is CC(C)(C)Sc1ccccc1[C@H](N)CC(F)F.Cl. The molecule has 1 aromatic carbocycles. The maximum absolute atomic E-state index is 12.4. The van der Waals surface area contributed by atoms with Crippen LogP contribution in [-0.4, -0.2) is 11.2 Å². The Morgan fingerprint density at radius 1 is 1.22 bits per heavy atom. The average Bonchev–Trinajstić information content (AvgIpc) is 2.14. The zero-order valence-corrected chi connectivity index (χ0v) is 12.5. The summed E-state index contributed by atoms with van der Waals surface area (Å²) in [5.74, 6) is 0. The number of thioether (sulfide) groups is 1. The molecule has 0 amide bonds. The molecule has 0 radical (unpaired) electrons. The largest absolute Gasteiger partial charge is 0.324 e. The highest BCUT2D eigenvalue weighted by molar-refractivity contribution is 8.00. The predicted octanol–water partition coefficient (Wildman–Crippen LogP) is 4.65. The van der Waals surface area contributed by atoms with Crippen molar-refractivity contribution < 1.29 is 8.78 Å². The van der Waals surface area contributed by atoms with Crippen molar-refractivity contribution in [1.29, 1.82) is 0 Å². The molecule has 2 N–H and O–H groups in total. The summed E-state index contributed by atoms with van der Waals surface area (Å²) in [5, 5.41) is 0. The molecule has 104 valence electrons. The van der Waals surface area contributed by atoms with Crippen LogP contribution in [0, 0.1) is 0 Å². The van der Waals surface area contributed by atoms with E-state index in [4.69, 9.17) is 5.73 Å². The van der Waals surface area contributed by atoms with Gasteiger partial charge in [0.2, 0.25) is 6.43 Å². The number of rotatable bonds is 4. The van der Waals surface area contributed by atoms with Gasteiger partial charge in [0, 0.05) is 22.1 Å². The van der Waals surface area contributed by atoms with E-state index in [-0.39, 0.29) is 23.6 Å². The molecule has 0 saturated carbocycles. The Kier molecular flexibility index (Phi) is 7.18. The van der Waals surface area contributed by atoms with Crippen molar-refractivity contribution in [2.45, 2.75) is 49.3 Å². The van der Waals surface area contributed by atoms with Crippen molar-refractivity contribution in [3.8, 4) is 0 Å². The normalized spacial score (nSPS) is 13.3. The minimum atomic E-state index is -2.36. The van der Waals surface area contributed by atoms with Crippen LogP contribution in [0.2, 0.25) is 0 Å². The van der Waals surface area contributed by atoms with Gasteiger partial charge < -0.3 is 5.73 Å². The zero-order valence-electron chi connectivity index (χ0n) is 10.8. The third-order valence-electron chi connectivity index (χ3n) is 2.17. The lowest BCUT2D eigenvalue weighted by molar-refractivity contribution is 0.128. The topological polar surface area (TPSA) is 26.0 Å². The van der Waals surface area contributed by atoms with Gasteiger partial charge in [-0.05, 0) is 11.6 Å². The third-order valence-corrected chi connectivity index (χ3v) is 3.37. The molecule has 1 aromatic rings. The summed E-state index contributed by atoms with van der Waals surface area (Å²) in [6.45, 7) is 6.27. The molecule has 0 bridgehead atoms. The van der Waals surface area contributed by atoms with Gasteiger partial charge in [-0.25, -0.2) is 8.78 Å². The van der Waals surface area contributed by atoms with Gasteiger partial charge in [0.25, 0.3) is 0 Å². The standard InChI is InChI=1S/C13H19F2NS.ClH/c1-13(2,3)17-11-7-5-4-6-9(11)10(16)8-12(14)15;/h4-7,10,12H,8,16H2,1-3H3;1H/t10-;/m1./s1. The predicted molar refractivity (Wildman–Crippen MR) is 76.8 cm³/mol. The van der Waals surface area contributed by atoms with E-state index in [0.717, 1.165) is 10.5 Å². The highest BCUT2D eigenvalue weighted by atomic mass is 35.5. The van der Waals surface area contributed by atoms with Crippen LogP contribution in [0.15, 0.2) is 29.2 Å². The molecule has 5 heteroatoms. The molecule has 0 unspecified atom stereocenters. The van der Waals surface area contributed by atoms with Gasteiger partial charge in [0.15, 0.2) is 0 Å². The molecular formula is C13H20ClF2NS. The maximum Gasteiger partial charge on any atom is 0.240 e. The van der Waals surface area contributed by atoms with E-state index in [0.29, 0.717) is 0 Å². The Morgan fingerprint density at radius 2 is 1.78 bits per heavy atom. The van der Waals surface area contributed by atoms with E-state index in [1.54, 1.807) is 11.8 Å². The monoisotopic (exact) mass is 295 g/mol. The highest BCUT2D eigenvalue weighted by Crippen LogP contribution is 2.36. The van der Waals surface area contributed by atoms with Crippen LogP contribution < -0.4 is 5.73 Å². The fourth-order valence-electron chi connectivity index (χ4n) is 1.53. The molecule has 0 aliphatic rings. The third kappa shape index (κ3) is 6.03. The lowest BCUT2D eigenvalue weighted by Crippen LogP contribution is -2.16. The van der Waals surface area contributed by atoms with Crippen LogP contribution in [0.25, 0.3) is 0 Å². The van der Waals surface area contributed by atoms with Crippen LogP contribution in [0.1, 0.15) is 38.8 Å². The van der Waals surface area contributed by atoms with Crippen LogP contribution in [0.3, 0.4) is 0 Å². The van der Waals surface area contributed by atoms with Crippen LogP contribution >= 0.6 is 24.2 Å². The first-order valence-corrected chi connectivity index (χ1v) is 6.43. The fraction of sp³-hybridized carbons (Fsp3) is 0.538. The number of hydrogen-bond acceptors (Lipinski definition) is 2. The summed E-state index contributed by atoms with van der Waals surface area (Å²) in [6.07, 6.45) is -2.65. The van der Waals surface area contributed by atoms with E-state index in [1.165, 1.54) is 0 Å². The summed E-state index contributed by atoms with van der Waals surface area (Å²) < 4.78 is 24.7. The summed E-state index contributed by atoms with van der Waals surface area (Å²) in [7, 11) is 0. The summed E-state index contributed by atoms with van der Waals surface area (Å²) in [5.41, 5.74) is 6.63. The molecule has 1 rings (SSSR count). The smallest absolute Gasteiger partial charge is 0.240 e. The first-order chi connectivity index (χ1) is 7.79. The zero-order chi connectivity index (χ0) is 13.1. The second-order valence-corrected chi connectivity index (χ2v) is 6.85. The average molecular weight is 296 g/mol. The van der Waals surface area contributed by atoms with Crippen LogP contribution in [0.4, 0.5) is 8.78 Å². The molecule has 1 atom stereocenters. The molecule has 1 nitrogen and oxygen atoms in total. The molecule has 0 spiro atoms. The van der Waals surface area contributed by atoms with E-state index in [9.17, 15) is 8.78 Å². The highest BCUT2D eigenvalue weighted by Gasteiger charge is 2.19. The Morgan fingerprint density at radius 3 is 2.28 bits per heavy atom. The molecule has 0 aromatic heterocycles. The number of alkyl halides is 2. The number of nitrogens with two attached hydrogens (primary N) is 1.